The van der Waals surface area contributed by atoms with Gasteiger partial charge in [0.1, 0.15) is 18.5 Å². The van der Waals surface area contributed by atoms with E-state index < -0.39 is 11.7 Å². The first-order valence-electron chi connectivity index (χ1n) is 10.2. The molecule has 0 radical (unpaired) electrons. The summed E-state index contributed by atoms with van der Waals surface area (Å²) in [5, 5.41) is 22.1. The second-order valence-electron chi connectivity index (χ2n) is 7.66. The Kier molecular flexibility index (Phi) is 7.89. The topological polar surface area (TPSA) is 80.6 Å². The Morgan fingerprint density at radius 2 is 1.58 bits per heavy atom. The molecule has 0 spiro atoms. The van der Waals surface area contributed by atoms with E-state index in [0.717, 1.165) is 5.56 Å². The van der Waals surface area contributed by atoms with Gasteiger partial charge in [-0.2, -0.15) is 0 Å². The molecule has 2 N–H and O–H groups in total. The van der Waals surface area contributed by atoms with E-state index in [1.54, 1.807) is 24.3 Å². The molecule has 170 valence electrons. The number of β-amino-alcohol motifs (C(OH)–C–C–N with tert-alkyl or cyclic N) is 1. The van der Waals surface area contributed by atoms with Crippen LogP contribution in [0, 0.1) is 0 Å². The smallest absolute Gasteiger partial charge is 0.203 e. The number of aliphatic hydroxyl groups is 2. The Bertz CT molecular complexity index is 827. The molecular weight excluding hydrogens is 422 g/mol. The molecule has 1 saturated heterocycles. The van der Waals surface area contributed by atoms with Gasteiger partial charge in [0.2, 0.25) is 5.75 Å². The SMILES string of the molecule is COc1cc(OCC(O)CN2CCC(O)(c3ccc(Cl)cc3)CC2)cc(OC)c1OC. The predicted octanol–water partition coefficient (Wildman–Crippen LogP) is 3.09. The zero-order valence-corrected chi connectivity index (χ0v) is 18.9. The van der Waals surface area contributed by atoms with E-state index in [9.17, 15) is 10.2 Å². The van der Waals surface area contributed by atoms with Gasteiger partial charge in [-0.15, -0.1) is 0 Å². The highest BCUT2D eigenvalue weighted by Gasteiger charge is 2.34. The molecule has 0 saturated carbocycles. The molecule has 0 aromatic heterocycles. The lowest BCUT2D eigenvalue weighted by Gasteiger charge is -2.39. The summed E-state index contributed by atoms with van der Waals surface area (Å²) in [4.78, 5) is 2.13. The Labute approximate surface area is 188 Å². The molecule has 8 heteroatoms. The Morgan fingerprint density at radius 1 is 1.00 bits per heavy atom. The highest BCUT2D eigenvalue weighted by molar-refractivity contribution is 6.30. The van der Waals surface area contributed by atoms with E-state index >= 15 is 0 Å². The van der Waals surface area contributed by atoms with Crippen molar-refractivity contribution in [3.8, 4) is 23.0 Å². The lowest BCUT2D eigenvalue weighted by molar-refractivity contribution is -0.0372. The Morgan fingerprint density at radius 3 is 2.10 bits per heavy atom. The van der Waals surface area contributed by atoms with Gasteiger partial charge in [-0.3, -0.25) is 0 Å². The third-order valence-electron chi connectivity index (χ3n) is 5.61. The first kappa shape index (κ1) is 23.5. The van der Waals surface area contributed by atoms with Crippen LogP contribution in [0.2, 0.25) is 5.02 Å². The zero-order valence-electron chi connectivity index (χ0n) is 18.1. The number of nitrogens with zero attached hydrogens (tertiary/aromatic N) is 1. The monoisotopic (exact) mass is 451 g/mol. The van der Waals surface area contributed by atoms with Crippen molar-refractivity contribution >= 4 is 11.6 Å². The van der Waals surface area contributed by atoms with Gasteiger partial charge in [0.15, 0.2) is 11.5 Å². The fraction of sp³-hybridized carbons (Fsp3) is 0.478. The lowest BCUT2D eigenvalue weighted by Crippen LogP contribution is -2.46. The molecule has 0 amide bonds. The van der Waals surface area contributed by atoms with Gasteiger partial charge in [-0.25, -0.2) is 0 Å². The lowest BCUT2D eigenvalue weighted by atomic mass is 9.84. The third kappa shape index (κ3) is 5.74. The average molecular weight is 452 g/mol. The van der Waals surface area contributed by atoms with Crippen molar-refractivity contribution in [1.82, 2.24) is 4.90 Å². The van der Waals surface area contributed by atoms with Crippen LogP contribution < -0.4 is 18.9 Å². The van der Waals surface area contributed by atoms with Gasteiger partial charge in [0, 0.05) is 36.8 Å². The van der Waals surface area contributed by atoms with Crippen molar-refractivity contribution in [2.24, 2.45) is 0 Å². The number of hydrogen-bond donors (Lipinski definition) is 2. The summed E-state index contributed by atoms with van der Waals surface area (Å²) in [5.74, 6) is 1.98. The van der Waals surface area contributed by atoms with Gasteiger partial charge >= 0.3 is 0 Å². The van der Waals surface area contributed by atoms with Crippen molar-refractivity contribution in [3.63, 3.8) is 0 Å². The molecule has 1 aliphatic heterocycles. The number of benzene rings is 2. The Hall–Kier alpha value is -2.19. The number of likely N-dealkylation sites (tertiary alicyclic amines) is 1. The minimum absolute atomic E-state index is 0.122. The van der Waals surface area contributed by atoms with Crippen LogP contribution in [0.5, 0.6) is 23.0 Å². The van der Waals surface area contributed by atoms with Crippen molar-refractivity contribution in [1.29, 1.82) is 0 Å². The number of ether oxygens (including phenoxy) is 4. The quantitative estimate of drug-likeness (QED) is 0.606. The summed E-state index contributed by atoms with van der Waals surface area (Å²) in [6.45, 7) is 1.94. The molecule has 0 bridgehead atoms. The van der Waals surface area contributed by atoms with E-state index in [4.69, 9.17) is 30.5 Å². The van der Waals surface area contributed by atoms with Crippen LogP contribution in [0.15, 0.2) is 36.4 Å². The van der Waals surface area contributed by atoms with Gasteiger partial charge in [0.05, 0.1) is 26.9 Å². The standard InChI is InChI=1S/C23H30ClNO6/c1-28-20-12-19(13-21(29-2)22(20)30-3)31-15-18(26)14-25-10-8-23(27,9-11-25)16-4-6-17(24)7-5-16/h4-7,12-13,18,26-27H,8-11,14-15H2,1-3H3. The highest BCUT2D eigenvalue weighted by Crippen LogP contribution is 2.40. The molecule has 1 fully saturated rings. The van der Waals surface area contributed by atoms with E-state index in [-0.39, 0.29) is 6.61 Å². The minimum Gasteiger partial charge on any atom is -0.493 e. The molecule has 1 aliphatic rings. The maximum atomic E-state index is 11.0. The first-order chi connectivity index (χ1) is 14.9. The summed E-state index contributed by atoms with van der Waals surface area (Å²) in [6.07, 6.45) is 0.505. The van der Waals surface area contributed by atoms with E-state index in [2.05, 4.69) is 4.90 Å². The fourth-order valence-corrected chi connectivity index (χ4v) is 3.96. The van der Waals surface area contributed by atoms with Crippen LogP contribution in [0.1, 0.15) is 18.4 Å². The molecule has 2 aromatic rings. The van der Waals surface area contributed by atoms with Crippen molar-refractivity contribution in [2.75, 3.05) is 47.6 Å². The molecule has 1 unspecified atom stereocenters. The van der Waals surface area contributed by atoms with Gasteiger partial charge < -0.3 is 34.1 Å². The second kappa shape index (κ2) is 10.4. The molecule has 2 aromatic carbocycles. The number of piperidine rings is 1. The molecular formula is C23H30ClNO6. The molecule has 31 heavy (non-hydrogen) atoms. The molecule has 3 rings (SSSR count). The number of hydrogen-bond acceptors (Lipinski definition) is 7. The van der Waals surface area contributed by atoms with Crippen molar-refractivity contribution < 1.29 is 29.2 Å². The normalized spacial score (nSPS) is 17.1. The van der Waals surface area contributed by atoms with Gasteiger partial charge in [-0.1, -0.05) is 23.7 Å². The summed E-state index contributed by atoms with van der Waals surface area (Å²) < 4.78 is 21.7. The van der Waals surface area contributed by atoms with Crippen molar-refractivity contribution in [2.45, 2.75) is 24.5 Å². The van der Waals surface area contributed by atoms with Crippen LogP contribution in [-0.2, 0) is 5.60 Å². The summed E-state index contributed by atoms with van der Waals surface area (Å²) in [5.41, 5.74) is 0.0153. The highest BCUT2D eigenvalue weighted by atomic mass is 35.5. The van der Waals surface area contributed by atoms with Crippen LogP contribution >= 0.6 is 11.6 Å². The van der Waals surface area contributed by atoms with E-state index in [0.29, 0.717) is 60.5 Å². The van der Waals surface area contributed by atoms with Crippen molar-refractivity contribution in [3.05, 3.63) is 47.0 Å². The van der Waals surface area contributed by atoms with E-state index in [1.807, 2.05) is 12.1 Å². The summed E-state index contributed by atoms with van der Waals surface area (Å²) in [7, 11) is 4.62. The van der Waals surface area contributed by atoms with Crippen LogP contribution in [0.4, 0.5) is 0 Å². The fourth-order valence-electron chi connectivity index (χ4n) is 3.84. The molecule has 7 nitrogen and oxygen atoms in total. The number of halogens is 1. The predicted molar refractivity (Wildman–Crippen MR) is 119 cm³/mol. The second-order valence-corrected chi connectivity index (χ2v) is 8.10. The summed E-state index contributed by atoms with van der Waals surface area (Å²) in [6, 6.07) is 10.7. The largest absolute Gasteiger partial charge is 0.493 e. The van der Waals surface area contributed by atoms with E-state index in [1.165, 1.54) is 21.3 Å². The zero-order chi connectivity index (χ0) is 22.4. The maximum Gasteiger partial charge on any atom is 0.203 e. The van der Waals surface area contributed by atoms with Crippen LogP contribution in [-0.4, -0.2) is 68.8 Å². The van der Waals surface area contributed by atoms with Gasteiger partial charge in [-0.05, 0) is 30.5 Å². The minimum atomic E-state index is -0.862. The molecule has 1 heterocycles. The average Bonchev–Trinajstić information content (AvgIpc) is 2.78. The van der Waals surface area contributed by atoms with Crippen LogP contribution in [0.25, 0.3) is 0 Å². The van der Waals surface area contributed by atoms with Gasteiger partial charge in [0.25, 0.3) is 0 Å². The third-order valence-corrected chi connectivity index (χ3v) is 5.87. The number of aliphatic hydroxyl groups excluding tert-OH is 1. The molecule has 1 atom stereocenters. The number of methoxy groups -OCH3 is 3. The maximum absolute atomic E-state index is 11.0. The van der Waals surface area contributed by atoms with Crippen LogP contribution in [0.3, 0.4) is 0 Å². The molecule has 0 aliphatic carbocycles. The summed E-state index contributed by atoms with van der Waals surface area (Å²) >= 11 is 5.95. The first-order valence-corrected chi connectivity index (χ1v) is 10.6. The number of rotatable bonds is 9. The Balaban J connectivity index is 1.52.